The minimum Gasteiger partial charge on any atom is -0.481 e. The molecular weight excluding hydrogens is 334 g/mol. The van der Waals surface area contributed by atoms with Gasteiger partial charge in [0.1, 0.15) is 0 Å². The highest BCUT2D eigenvalue weighted by Crippen LogP contribution is 2.28. The maximum absolute atomic E-state index is 12.2. The normalized spacial score (nSPS) is 21.8. The Morgan fingerprint density at radius 1 is 1.29 bits per heavy atom. The first-order valence-electron chi connectivity index (χ1n) is 7.24. The lowest BCUT2D eigenvalue weighted by Crippen LogP contribution is -2.32. The van der Waals surface area contributed by atoms with E-state index in [1.165, 1.54) is 0 Å². The van der Waals surface area contributed by atoms with Gasteiger partial charge in [-0.3, -0.25) is 9.59 Å². The van der Waals surface area contributed by atoms with Crippen LogP contribution in [-0.2, 0) is 4.79 Å². The number of amides is 1. The number of nitrogens with one attached hydrogen (secondary N) is 1. The summed E-state index contributed by atoms with van der Waals surface area (Å²) in [5.41, 5.74) is 1.63. The average molecular weight is 354 g/mol. The zero-order chi connectivity index (χ0) is 15.4. The lowest BCUT2D eigenvalue weighted by molar-refractivity contribution is -0.143. The highest BCUT2D eigenvalue weighted by molar-refractivity contribution is 9.10. The fourth-order valence-corrected chi connectivity index (χ4v) is 3.15. The maximum Gasteiger partial charge on any atom is 0.306 e. The van der Waals surface area contributed by atoms with Gasteiger partial charge in [0.05, 0.1) is 5.92 Å². The summed E-state index contributed by atoms with van der Waals surface area (Å²) in [4.78, 5) is 23.1. The van der Waals surface area contributed by atoms with Gasteiger partial charge in [-0.15, -0.1) is 0 Å². The van der Waals surface area contributed by atoms with Crippen LogP contribution in [0.5, 0.6) is 0 Å². The first-order valence-corrected chi connectivity index (χ1v) is 8.04. The third-order valence-electron chi connectivity index (χ3n) is 4.19. The zero-order valence-electron chi connectivity index (χ0n) is 12.1. The molecule has 2 N–H and O–H groups in total. The number of halogens is 1. The van der Waals surface area contributed by atoms with Crippen molar-refractivity contribution in [1.82, 2.24) is 5.32 Å². The topological polar surface area (TPSA) is 66.4 Å². The average Bonchev–Trinajstić information content (AvgIpc) is 2.47. The molecule has 1 fully saturated rings. The Morgan fingerprint density at radius 3 is 2.57 bits per heavy atom. The largest absolute Gasteiger partial charge is 0.481 e. The van der Waals surface area contributed by atoms with Crippen molar-refractivity contribution < 1.29 is 14.7 Å². The van der Waals surface area contributed by atoms with E-state index in [0.29, 0.717) is 30.9 Å². The molecule has 114 valence electrons. The second-order valence-corrected chi connectivity index (χ2v) is 6.64. The summed E-state index contributed by atoms with van der Waals surface area (Å²) in [7, 11) is 0. The molecule has 2 rings (SSSR count). The molecule has 0 unspecified atom stereocenters. The fourth-order valence-electron chi connectivity index (χ4n) is 2.78. The Kier molecular flexibility index (Phi) is 5.39. The third-order valence-corrected chi connectivity index (χ3v) is 4.68. The van der Waals surface area contributed by atoms with Gasteiger partial charge >= 0.3 is 5.97 Å². The van der Waals surface area contributed by atoms with Crippen molar-refractivity contribution in [2.24, 2.45) is 11.8 Å². The fraction of sp³-hybridized carbons (Fsp3) is 0.500. The molecule has 0 atom stereocenters. The maximum atomic E-state index is 12.2. The van der Waals surface area contributed by atoms with E-state index in [1.54, 1.807) is 0 Å². The van der Waals surface area contributed by atoms with Gasteiger partial charge < -0.3 is 10.4 Å². The molecule has 0 saturated heterocycles. The molecule has 0 radical (unpaired) electrons. The van der Waals surface area contributed by atoms with Crippen LogP contribution in [0.25, 0.3) is 0 Å². The lowest BCUT2D eigenvalue weighted by atomic mass is 9.82. The number of carboxylic acids is 1. The molecule has 0 heterocycles. The molecular formula is C16H20BrNO3. The van der Waals surface area contributed by atoms with Crippen molar-refractivity contribution in [1.29, 1.82) is 0 Å². The van der Waals surface area contributed by atoms with Gasteiger partial charge in [-0.2, -0.15) is 0 Å². The minimum atomic E-state index is -0.692. The number of carbonyl (C=O) groups is 2. The number of carbonyl (C=O) groups excluding carboxylic acids is 1. The summed E-state index contributed by atoms with van der Waals surface area (Å²) in [5, 5.41) is 11.9. The Hall–Kier alpha value is -1.36. The summed E-state index contributed by atoms with van der Waals surface area (Å²) < 4.78 is 0.889. The molecule has 0 spiro atoms. The van der Waals surface area contributed by atoms with Crippen LogP contribution in [0.3, 0.4) is 0 Å². The van der Waals surface area contributed by atoms with Crippen LogP contribution in [0.2, 0.25) is 0 Å². The summed E-state index contributed by atoms with van der Waals surface area (Å²) in [6.07, 6.45) is 3.17. The third kappa shape index (κ3) is 4.30. The quantitative estimate of drug-likeness (QED) is 0.871. The van der Waals surface area contributed by atoms with Crippen LogP contribution in [0.15, 0.2) is 22.7 Å². The van der Waals surface area contributed by atoms with Crippen molar-refractivity contribution in [3.05, 3.63) is 33.8 Å². The molecule has 1 aromatic carbocycles. The van der Waals surface area contributed by atoms with Gasteiger partial charge in [-0.05, 0) is 56.2 Å². The summed E-state index contributed by atoms with van der Waals surface area (Å²) in [6.45, 7) is 2.54. The van der Waals surface area contributed by atoms with Crippen LogP contribution < -0.4 is 5.32 Å². The van der Waals surface area contributed by atoms with Crippen molar-refractivity contribution in [3.8, 4) is 0 Å². The number of aliphatic carboxylic acids is 1. The van der Waals surface area contributed by atoms with Gasteiger partial charge in [0, 0.05) is 16.6 Å². The molecule has 1 amide bonds. The van der Waals surface area contributed by atoms with Crippen molar-refractivity contribution in [2.75, 3.05) is 6.54 Å². The van der Waals surface area contributed by atoms with Gasteiger partial charge in [-0.1, -0.05) is 22.0 Å². The number of aryl methyl sites for hydroxylation is 1. The molecule has 0 bridgehead atoms. The molecule has 1 aliphatic rings. The van der Waals surface area contributed by atoms with Gasteiger partial charge in [0.25, 0.3) is 5.91 Å². The number of benzene rings is 1. The van der Waals surface area contributed by atoms with E-state index in [9.17, 15) is 9.59 Å². The van der Waals surface area contributed by atoms with E-state index in [4.69, 9.17) is 5.11 Å². The van der Waals surface area contributed by atoms with E-state index in [1.807, 2.05) is 25.1 Å². The first kappa shape index (κ1) is 16.0. The number of carboxylic acid groups (broad SMARTS) is 1. The molecule has 4 nitrogen and oxygen atoms in total. The van der Waals surface area contributed by atoms with Crippen LogP contribution in [0.1, 0.15) is 41.6 Å². The highest BCUT2D eigenvalue weighted by atomic mass is 79.9. The highest BCUT2D eigenvalue weighted by Gasteiger charge is 2.26. The monoisotopic (exact) mass is 353 g/mol. The van der Waals surface area contributed by atoms with E-state index >= 15 is 0 Å². The van der Waals surface area contributed by atoms with Crippen molar-refractivity contribution in [3.63, 3.8) is 0 Å². The molecule has 0 aromatic heterocycles. The zero-order valence-corrected chi connectivity index (χ0v) is 13.6. The Bertz CT molecular complexity index is 536. The van der Waals surface area contributed by atoms with Crippen LogP contribution in [0.4, 0.5) is 0 Å². The van der Waals surface area contributed by atoms with E-state index < -0.39 is 5.97 Å². The van der Waals surface area contributed by atoms with Gasteiger partial charge in [0.2, 0.25) is 0 Å². The Labute approximate surface area is 133 Å². The van der Waals surface area contributed by atoms with Crippen LogP contribution >= 0.6 is 15.9 Å². The van der Waals surface area contributed by atoms with Crippen LogP contribution in [-0.4, -0.2) is 23.5 Å². The molecule has 21 heavy (non-hydrogen) atoms. The lowest BCUT2D eigenvalue weighted by Gasteiger charge is -2.26. The van der Waals surface area contributed by atoms with Gasteiger partial charge in [-0.25, -0.2) is 0 Å². The van der Waals surface area contributed by atoms with E-state index in [-0.39, 0.29) is 11.8 Å². The summed E-state index contributed by atoms with van der Waals surface area (Å²) >= 11 is 3.38. The smallest absolute Gasteiger partial charge is 0.306 e. The van der Waals surface area contributed by atoms with Gasteiger partial charge in [0.15, 0.2) is 0 Å². The van der Waals surface area contributed by atoms with E-state index in [0.717, 1.165) is 22.9 Å². The molecule has 1 aliphatic carbocycles. The predicted octanol–water partition coefficient (Wildman–Crippen LogP) is 3.38. The minimum absolute atomic E-state index is 0.0610. The first-order chi connectivity index (χ1) is 9.97. The second kappa shape index (κ2) is 7.07. The second-order valence-electron chi connectivity index (χ2n) is 5.73. The van der Waals surface area contributed by atoms with Crippen molar-refractivity contribution in [2.45, 2.75) is 32.6 Å². The summed E-state index contributed by atoms with van der Waals surface area (Å²) in [6, 6.07) is 5.66. The van der Waals surface area contributed by atoms with Crippen LogP contribution in [0, 0.1) is 18.8 Å². The number of rotatable bonds is 4. The number of hydrogen-bond donors (Lipinski definition) is 2. The predicted molar refractivity (Wildman–Crippen MR) is 84.3 cm³/mol. The summed E-state index contributed by atoms with van der Waals surface area (Å²) in [5.74, 6) is -0.572. The molecule has 1 saturated carbocycles. The Morgan fingerprint density at radius 2 is 1.95 bits per heavy atom. The van der Waals surface area contributed by atoms with E-state index in [2.05, 4.69) is 21.2 Å². The molecule has 5 heteroatoms. The SMILES string of the molecule is Cc1ccc(Br)cc1C(=O)NCC1CCC(C(=O)O)CC1. The number of hydrogen-bond acceptors (Lipinski definition) is 2. The standard InChI is InChI=1S/C16H20BrNO3/c1-10-2-7-13(17)8-14(10)15(19)18-9-11-3-5-12(6-4-11)16(20)21/h2,7-8,11-12H,3-6,9H2,1H3,(H,18,19)(H,20,21). The molecule has 0 aliphatic heterocycles. The Balaban J connectivity index is 1.85. The van der Waals surface area contributed by atoms with Crippen molar-refractivity contribution >= 4 is 27.8 Å². The molecule has 1 aromatic rings.